The molecule has 0 fully saturated rings. The van der Waals surface area contributed by atoms with E-state index in [1.54, 1.807) is 0 Å². The summed E-state index contributed by atoms with van der Waals surface area (Å²) in [4.78, 5) is 4.35. The lowest BCUT2D eigenvalue weighted by atomic mass is 10.1. The Morgan fingerprint density at radius 2 is 2.00 bits per heavy atom. The second kappa shape index (κ2) is 8.42. The molecule has 2 rings (SSSR count). The number of aryl methyl sites for hydroxylation is 2. The molecule has 1 aromatic heterocycles. The molecule has 1 N–H and O–H groups in total. The summed E-state index contributed by atoms with van der Waals surface area (Å²) >= 11 is 0. The zero-order chi connectivity index (χ0) is 14.9. The number of nitrogens with zero attached hydrogens (tertiary/aromatic N) is 1. The normalized spacial score (nSPS) is 10.6. The van der Waals surface area contributed by atoms with E-state index >= 15 is 0 Å². The molecule has 1 aromatic carbocycles. The molecule has 0 amide bonds. The minimum Gasteiger partial charge on any atom is -0.493 e. The van der Waals surface area contributed by atoms with Crippen molar-refractivity contribution in [3.05, 3.63) is 59.4 Å². The third kappa shape index (κ3) is 5.20. The van der Waals surface area contributed by atoms with Gasteiger partial charge < -0.3 is 10.1 Å². The van der Waals surface area contributed by atoms with Crippen LogP contribution in [0.15, 0.2) is 42.6 Å². The molecule has 3 nitrogen and oxygen atoms in total. The summed E-state index contributed by atoms with van der Waals surface area (Å²) in [6.07, 6.45) is 3.98. The molecule has 2 aromatic rings. The number of benzene rings is 1. The molecular weight excluding hydrogens is 260 g/mol. The lowest BCUT2D eigenvalue weighted by molar-refractivity contribution is 0.306. The standard InChI is InChI=1S/C18H24N2O/c1-3-19-13-17-14-20-15(2)12-18(17)21-11-7-10-16-8-5-4-6-9-16/h4-6,8-9,12,14,19H,3,7,10-11,13H2,1-2H3. The highest BCUT2D eigenvalue weighted by Gasteiger charge is 2.05. The molecule has 112 valence electrons. The average Bonchev–Trinajstić information content (AvgIpc) is 2.52. The Bertz CT molecular complexity index is 540. The van der Waals surface area contributed by atoms with Crippen molar-refractivity contribution in [2.45, 2.75) is 33.2 Å². The average molecular weight is 284 g/mol. The number of hydrogen-bond acceptors (Lipinski definition) is 3. The molecule has 0 spiro atoms. The first kappa shape index (κ1) is 15.5. The van der Waals surface area contributed by atoms with Gasteiger partial charge in [-0.25, -0.2) is 0 Å². The topological polar surface area (TPSA) is 34.2 Å². The lowest BCUT2D eigenvalue weighted by Crippen LogP contribution is -2.13. The van der Waals surface area contributed by atoms with Crippen LogP contribution in [0, 0.1) is 6.92 Å². The number of rotatable bonds is 8. The fourth-order valence-electron chi connectivity index (χ4n) is 2.19. The maximum absolute atomic E-state index is 5.96. The minimum atomic E-state index is 0.734. The second-order valence-electron chi connectivity index (χ2n) is 5.15. The summed E-state index contributed by atoms with van der Waals surface area (Å²) in [5.74, 6) is 0.955. The molecule has 0 aliphatic carbocycles. The number of hydrogen-bond donors (Lipinski definition) is 1. The highest BCUT2D eigenvalue weighted by atomic mass is 16.5. The van der Waals surface area contributed by atoms with E-state index in [4.69, 9.17) is 4.74 Å². The van der Waals surface area contributed by atoms with Crippen molar-refractivity contribution < 1.29 is 4.74 Å². The third-order valence-electron chi connectivity index (χ3n) is 3.36. The smallest absolute Gasteiger partial charge is 0.127 e. The van der Waals surface area contributed by atoms with Crippen LogP contribution in [0.25, 0.3) is 0 Å². The molecule has 0 saturated carbocycles. The van der Waals surface area contributed by atoms with Crippen molar-refractivity contribution in [2.75, 3.05) is 13.2 Å². The van der Waals surface area contributed by atoms with Gasteiger partial charge in [-0.15, -0.1) is 0 Å². The van der Waals surface area contributed by atoms with E-state index in [9.17, 15) is 0 Å². The minimum absolute atomic E-state index is 0.734. The summed E-state index contributed by atoms with van der Waals surface area (Å²) in [5.41, 5.74) is 3.48. The van der Waals surface area contributed by atoms with Gasteiger partial charge in [0, 0.05) is 30.1 Å². The van der Waals surface area contributed by atoms with Crippen LogP contribution >= 0.6 is 0 Å². The summed E-state index contributed by atoms with van der Waals surface area (Å²) in [7, 11) is 0. The molecule has 0 bridgehead atoms. The zero-order valence-corrected chi connectivity index (χ0v) is 12.9. The zero-order valence-electron chi connectivity index (χ0n) is 12.9. The summed E-state index contributed by atoms with van der Waals surface area (Å²) in [6.45, 7) is 6.58. The van der Waals surface area contributed by atoms with Crippen LogP contribution in [0.3, 0.4) is 0 Å². The summed E-state index contributed by atoms with van der Waals surface area (Å²) < 4.78 is 5.96. The van der Waals surface area contributed by atoms with Gasteiger partial charge >= 0.3 is 0 Å². The molecule has 0 unspecified atom stereocenters. The molecular formula is C18H24N2O. The van der Waals surface area contributed by atoms with Crippen LogP contribution in [0.5, 0.6) is 5.75 Å². The van der Waals surface area contributed by atoms with Crippen molar-refractivity contribution in [1.82, 2.24) is 10.3 Å². The third-order valence-corrected chi connectivity index (χ3v) is 3.36. The van der Waals surface area contributed by atoms with E-state index < -0.39 is 0 Å². The Morgan fingerprint density at radius 3 is 2.76 bits per heavy atom. The molecule has 0 saturated heterocycles. The molecule has 3 heteroatoms. The highest BCUT2D eigenvalue weighted by molar-refractivity contribution is 5.32. The van der Waals surface area contributed by atoms with E-state index in [1.165, 1.54) is 5.56 Å². The lowest BCUT2D eigenvalue weighted by Gasteiger charge is -2.12. The Balaban J connectivity index is 1.85. The highest BCUT2D eigenvalue weighted by Crippen LogP contribution is 2.19. The Labute approximate surface area is 127 Å². The van der Waals surface area contributed by atoms with E-state index in [0.717, 1.165) is 49.5 Å². The number of ether oxygens (including phenoxy) is 1. The largest absolute Gasteiger partial charge is 0.493 e. The first-order valence-corrected chi connectivity index (χ1v) is 7.62. The monoisotopic (exact) mass is 284 g/mol. The van der Waals surface area contributed by atoms with Gasteiger partial charge in [-0.1, -0.05) is 37.3 Å². The second-order valence-corrected chi connectivity index (χ2v) is 5.15. The Hall–Kier alpha value is -1.87. The van der Waals surface area contributed by atoms with Crippen molar-refractivity contribution in [2.24, 2.45) is 0 Å². The van der Waals surface area contributed by atoms with Crippen molar-refractivity contribution in [1.29, 1.82) is 0 Å². The molecule has 1 heterocycles. The molecule has 21 heavy (non-hydrogen) atoms. The van der Waals surface area contributed by atoms with Gasteiger partial charge in [0.1, 0.15) is 5.75 Å². The SMILES string of the molecule is CCNCc1cnc(C)cc1OCCCc1ccccc1. The van der Waals surface area contributed by atoms with Gasteiger partial charge in [0.05, 0.1) is 6.61 Å². The first-order chi connectivity index (χ1) is 10.3. The fraction of sp³-hybridized carbons (Fsp3) is 0.389. The van der Waals surface area contributed by atoms with Crippen LogP contribution in [0.1, 0.15) is 30.2 Å². The van der Waals surface area contributed by atoms with Crippen LogP contribution in [0.4, 0.5) is 0 Å². The van der Waals surface area contributed by atoms with E-state index in [2.05, 4.69) is 41.5 Å². The molecule has 0 aliphatic rings. The Morgan fingerprint density at radius 1 is 1.19 bits per heavy atom. The Kier molecular flexibility index (Phi) is 6.22. The van der Waals surface area contributed by atoms with Gasteiger partial charge in [0.25, 0.3) is 0 Å². The van der Waals surface area contributed by atoms with Gasteiger partial charge in [-0.2, -0.15) is 0 Å². The van der Waals surface area contributed by atoms with E-state index in [-0.39, 0.29) is 0 Å². The summed E-state index contributed by atoms with van der Waals surface area (Å²) in [6, 6.07) is 12.6. The van der Waals surface area contributed by atoms with Crippen LogP contribution in [-0.4, -0.2) is 18.1 Å². The van der Waals surface area contributed by atoms with Crippen LogP contribution in [-0.2, 0) is 13.0 Å². The maximum Gasteiger partial charge on any atom is 0.127 e. The van der Waals surface area contributed by atoms with Gasteiger partial charge in [-0.3, -0.25) is 4.98 Å². The predicted octanol–water partition coefficient (Wildman–Crippen LogP) is 3.51. The van der Waals surface area contributed by atoms with E-state index in [1.807, 2.05) is 25.3 Å². The van der Waals surface area contributed by atoms with Gasteiger partial charge in [0.15, 0.2) is 0 Å². The molecule has 0 atom stereocenters. The van der Waals surface area contributed by atoms with Crippen LogP contribution in [0.2, 0.25) is 0 Å². The van der Waals surface area contributed by atoms with Crippen LogP contribution < -0.4 is 10.1 Å². The predicted molar refractivity (Wildman–Crippen MR) is 86.6 cm³/mol. The fourth-order valence-corrected chi connectivity index (χ4v) is 2.19. The van der Waals surface area contributed by atoms with Crippen molar-refractivity contribution in [3.8, 4) is 5.75 Å². The maximum atomic E-state index is 5.96. The first-order valence-electron chi connectivity index (χ1n) is 7.62. The number of aromatic nitrogens is 1. The van der Waals surface area contributed by atoms with Gasteiger partial charge in [0.2, 0.25) is 0 Å². The number of pyridine rings is 1. The summed E-state index contributed by atoms with van der Waals surface area (Å²) in [5, 5.41) is 3.32. The quantitative estimate of drug-likeness (QED) is 0.753. The molecule has 0 aliphatic heterocycles. The van der Waals surface area contributed by atoms with Crippen molar-refractivity contribution in [3.63, 3.8) is 0 Å². The number of nitrogens with one attached hydrogen (secondary N) is 1. The van der Waals surface area contributed by atoms with Gasteiger partial charge in [-0.05, 0) is 31.9 Å². The van der Waals surface area contributed by atoms with E-state index in [0.29, 0.717) is 0 Å². The molecule has 0 radical (unpaired) electrons. The van der Waals surface area contributed by atoms with Crippen molar-refractivity contribution >= 4 is 0 Å².